The van der Waals surface area contributed by atoms with Crippen LogP contribution in [0.2, 0.25) is 0 Å². The number of rotatable bonds is 3. The van der Waals surface area contributed by atoms with Crippen molar-refractivity contribution in [2.24, 2.45) is 0 Å². The van der Waals surface area contributed by atoms with Crippen molar-refractivity contribution < 1.29 is 8.78 Å². The number of halogens is 2. The molecule has 0 radical (unpaired) electrons. The van der Waals surface area contributed by atoms with Crippen molar-refractivity contribution in [1.82, 2.24) is 19.9 Å². The zero-order valence-corrected chi connectivity index (χ0v) is 14.3. The predicted molar refractivity (Wildman–Crippen MR) is 97.2 cm³/mol. The first kappa shape index (κ1) is 16.7. The summed E-state index contributed by atoms with van der Waals surface area (Å²) >= 11 is 1.02. The summed E-state index contributed by atoms with van der Waals surface area (Å²) in [6.07, 6.45) is 2.28. The maximum atomic E-state index is 14.3. The predicted octanol–water partition coefficient (Wildman–Crippen LogP) is 3.62. The van der Waals surface area contributed by atoms with Crippen LogP contribution < -0.4 is 11.1 Å². The Balaban J connectivity index is 1.88. The lowest BCUT2D eigenvalue weighted by molar-refractivity contribution is 0.629. The van der Waals surface area contributed by atoms with E-state index in [-0.39, 0.29) is 33.3 Å². The van der Waals surface area contributed by atoms with Crippen LogP contribution in [0, 0.1) is 23.0 Å². The lowest BCUT2D eigenvalue weighted by Crippen LogP contribution is -1.99. The monoisotopic (exact) mass is 381 g/mol. The van der Waals surface area contributed by atoms with Crippen LogP contribution in [0.3, 0.4) is 0 Å². The fourth-order valence-electron chi connectivity index (χ4n) is 2.48. The molecule has 3 heterocycles. The van der Waals surface area contributed by atoms with E-state index in [1.807, 2.05) is 6.07 Å². The zero-order chi connectivity index (χ0) is 19.0. The van der Waals surface area contributed by atoms with Gasteiger partial charge < -0.3 is 11.1 Å². The van der Waals surface area contributed by atoms with Crippen molar-refractivity contribution in [1.29, 1.82) is 5.26 Å². The molecule has 27 heavy (non-hydrogen) atoms. The lowest BCUT2D eigenvalue weighted by Gasteiger charge is -2.05. The van der Waals surface area contributed by atoms with Gasteiger partial charge in [0.15, 0.2) is 11.6 Å². The number of nitrogen functional groups attached to an aromatic ring is 1. The minimum Gasteiger partial charge on any atom is -0.384 e. The summed E-state index contributed by atoms with van der Waals surface area (Å²) in [5.41, 5.74) is 5.78. The first-order valence-corrected chi connectivity index (χ1v) is 8.37. The van der Waals surface area contributed by atoms with Gasteiger partial charge in [-0.15, -0.1) is 11.3 Å². The first-order chi connectivity index (χ1) is 13.1. The molecule has 4 rings (SSSR count). The number of nitriles is 1. The van der Waals surface area contributed by atoms with E-state index in [4.69, 9.17) is 5.73 Å². The topological polar surface area (TPSA) is 113 Å². The molecule has 0 amide bonds. The summed E-state index contributed by atoms with van der Waals surface area (Å²) in [6, 6.07) is 7.54. The fraction of sp³-hybridized carbons (Fsp3) is 0. The van der Waals surface area contributed by atoms with Gasteiger partial charge >= 0.3 is 0 Å². The molecule has 10 heteroatoms. The highest BCUT2D eigenvalue weighted by molar-refractivity contribution is 7.22. The zero-order valence-electron chi connectivity index (χ0n) is 13.4. The van der Waals surface area contributed by atoms with Gasteiger partial charge in [0.2, 0.25) is 0 Å². The molecule has 0 aliphatic heterocycles. The van der Waals surface area contributed by atoms with Crippen LogP contribution in [0.25, 0.3) is 20.8 Å². The van der Waals surface area contributed by atoms with Gasteiger partial charge in [0.25, 0.3) is 0 Å². The molecule has 0 bridgehead atoms. The van der Waals surface area contributed by atoms with Crippen LogP contribution in [0.1, 0.15) is 5.56 Å². The van der Waals surface area contributed by atoms with Gasteiger partial charge in [0.05, 0.1) is 23.4 Å². The number of aromatic nitrogens is 4. The third-order valence-electron chi connectivity index (χ3n) is 3.66. The summed E-state index contributed by atoms with van der Waals surface area (Å²) in [5.74, 6) is -0.375. The number of hydrogen-bond donors (Lipinski definition) is 2. The smallest absolute Gasteiger partial charge is 0.168 e. The standard InChI is InChI=1S/C17H9F2N7S/c18-9-3-1-2-8(5-20)13(9)17-26-14-10(19)6-22-16(15(14)27-17)25-12-4-11(21)23-7-24-12/h1-4,6-7H,(H3,21,22,23,24,25). The molecule has 0 fully saturated rings. The Bertz CT molecular complexity index is 1220. The second-order valence-corrected chi connectivity index (χ2v) is 6.38. The van der Waals surface area contributed by atoms with E-state index in [1.54, 1.807) is 0 Å². The van der Waals surface area contributed by atoms with Crippen molar-refractivity contribution in [3.05, 3.63) is 54.0 Å². The van der Waals surface area contributed by atoms with Crippen LogP contribution in [-0.4, -0.2) is 19.9 Å². The summed E-state index contributed by atoms with van der Waals surface area (Å²) in [7, 11) is 0. The summed E-state index contributed by atoms with van der Waals surface area (Å²) < 4.78 is 28.9. The maximum Gasteiger partial charge on any atom is 0.168 e. The Morgan fingerprint density at radius 3 is 2.78 bits per heavy atom. The normalized spacial score (nSPS) is 10.7. The Morgan fingerprint density at radius 2 is 2.00 bits per heavy atom. The average molecular weight is 381 g/mol. The van der Waals surface area contributed by atoms with E-state index in [0.29, 0.717) is 10.5 Å². The number of nitrogens with zero attached hydrogens (tertiary/aromatic N) is 5. The number of benzene rings is 1. The maximum absolute atomic E-state index is 14.3. The third-order valence-corrected chi connectivity index (χ3v) is 4.74. The van der Waals surface area contributed by atoms with E-state index < -0.39 is 11.6 Å². The van der Waals surface area contributed by atoms with Crippen LogP contribution in [-0.2, 0) is 0 Å². The first-order valence-electron chi connectivity index (χ1n) is 7.55. The van der Waals surface area contributed by atoms with E-state index in [1.165, 1.54) is 30.6 Å². The SMILES string of the molecule is N#Cc1cccc(F)c1-c1nc2c(F)cnc(Nc3cc(N)ncn3)c2s1. The van der Waals surface area contributed by atoms with E-state index in [9.17, 15) is 14.0 Å². The summed E-state index contributed by atoms with van der Waals surface area (Å²) in [6.45, 7) is 0. The fourth-order valence-corrected chi connectivity index (χ4v) is 3.56. The van der Waals surface area contributed by atoms with Crippen molar-refractivity contribution >= 4 is 39.0 Å². The van der Waals surface area contributed by atoms with Crippen molar-refractivity contribution in [2.45, 2.75) is 0 Å². The number of hydrogen-bond acceptors (Lipinski definition) is 8. The largest absolute Gasteiger partial charge is 0.384 e. The molecule has 0 atom stereocenters. The Morgan fingerprint density at radius 1 is 1.15 bits per heavy atom. The molecule has 3 aromatic heterocycles. The molecule has 0 spiro atoms. The Kier molecular flexibility index (Phi) is 4.06. The number of fused-ring (bicyclic) bond motifs is 1. The minimum absolute atomic E-state index is 0.0154. The second kappa shape index (κ2) is 6.54. The van der Waals surface area contributed by atoms with E-state index >= 15 is 0 Å². The van der Waals surface area contributed by atoms with Crippen LogP contribution in [0.4, 0.5) is 26.2 Å². The van der Waals surface area contributed by atoms with Crippen LogP contribution in [0.5, 0.6) is 0 Å². The molecular weight excluding hydrogens is 372 g/mol. The third kappa shape index (κ3) is 3.00. The molecule has 4 aromatic rings. The van der Waals surface area contributed by atoms with Gasteiger partial charge in [0, 0.05) is 6.07 Å². The van der Waals surface area contributed by atoms with Crippen molar-refractivity contribution in [3.8, 4) is 16.6 Å². The van der Waals surface area contributed by atoms with Crippen LogP contribution in [0.15, 0.2) is 36.8 Å². The van der Waals surface area contributed by atoms with E-state index in [0.717, 1.165) is 17.5 Å². The summed E-state index contributed by atoms with van der Waals surface area (Å²) in [5, 5.41) is 12.3. The molecule has 0 aliphatic carbocycles. The molecule has 7 nitrogen and oxygen atoms in total. The molecule has 1 aromatic carbocycles. The van der Waals surface area contributed by atoms with Crippen LogP contribution >= 0.6 is 11.3 Å². The van der Waals surface area contributed by atoms with Gasteiger partial charge in [-0.25, -0.2) is 28.7 Å². The highest BCUT2D eigenvalue weighted by Gasteiger charge is 2.19. The van der Waals surface area contributed by atoms with Crippen molar-refractivity contribution in [2.75, 3.05) is 11.1 Å². The molecular formula is C17H9F2N7S. The molecule has 3 N–H and O–H groups in total. The number of nitrogens with two attached hydrogens (primary N) is 1. The van der Waals surface area contributed by atoms with Gasteiger partial charge in [-0.1, -0.05) is 6.07 Å². The number of nitrogens with one attached hydrogen (secondary N) is 1. The van der Waals surface area contributed by atoms with E-state index in [2.05, 4.69) is 25.3 Å². The van der Waals surface area contributed by atoms with Gasteiger partial charge in [-0.3, -0.25) is 0 Å². The van der Waals surface area contributed by atoms with Gasteiger partial charge in [0.1, 0.15) is 39.0 Å². The number of anilines is 3. The number of pyridine rings is 1. The lowest BCUT2D eigenvalue weighted by atomic mass is 10.1. The summed E-state index contributed by atoms with van der Waals surface area (Å²) in [4.78, 5) is 16.0. The van der Waals surface area contributed by atoms with Gasteiger partial charge in [-0.05, 0) is 12.1 Å². The highest BCUT2D eigenvalue weighted by atomic mass is 32.1. The van der Waals surface area contributed by atoms with Gasteiger partial charge in [-0.2, -0.15) is 5.26 Å². The molecule has 0 aliphatic rings. The molecule has 0 saturated heterocycles. The van der Waals surface area contributed by atoms with Crippen molar-refractivity contribution in [3.63, 3.8) is 0 Å². The Labute approximate surface area is 155 Å². The highest BCUT2D eigenvalue weighted by Crippen LogP contribution is 2.37. The number of thiazole rings is 1. The molecule has 0 saturated carbocycles. The molecule has 0 unspecified atom stereocenters. The Hall–Kier alpha value is -3.71. The quantitative estimate of drug-likeness (QED) is 0.557. The molecule has 132 valence electrons. The average Bonchev–Trinajstić information content (AvgIpc) is 3.10. The minimum atomic E-state index is -0.657. The second-order valence-electron chi connectivity index (χ2n) is 5.38.